The third kappa shape index (κ3) is 3.33. The van der Waals surface area contributed by atoms with Crippen molar-refractivity contribution in [1.82, 2.24) is 24.6 Å². The maximum atomic E-state index is 13.0. The monoisotopic (exact) mass is 327 g/mol. The van der Waals surface area contributed by atoms with Gasteiger partial charge < -0.3 is 9.80 Å². The number of rotatable bonds is 4. The van der Waals surface area contributed by atoms with Crippen LogP contribution in [0.25, 0.3) is 0 Å². The van der Waals surface area contributed by atoms with E-state index in [0.717, 1.165) is 30.6 Å². The second-order valence-electron chi connectivity index (χ2n) is 6.80. The van der Waals surface area contributed by atoms with Crippen LogP contribution in [0.4, 0.5) is 0 Å². The molecule has 0 radical (unpaired) electrons. The first-order valence-electron chi connectivity index (χ1n) is 8.33. The van der Waals surface area contributed by atoms with Crippen molar-refractivity contribution in [2.45, 2.75) is 31.8 Å². The maximum absolute atomic E-state index is 13.0. The molecule has 1 amide bonds. The summed E-state index contributed by atoms with van der Waals surface area (Å²) in [4.78, 5) is 21.5. The Hall–Kier alpha value is -2.21. The van der Waals surface area contributed by atoms with Gasteiger partial charge >= 0.3 is 0 Å². The van der Waals surface area contributed by atoms with E-state index in [1.807, 2.05) is 48.1 Å². The van der Waals surface area contributed by atoms with Gasteiger partial charge in [0, 0.05) is 37.7 Å². The highest BCUT2D eigenvalue weighted by Crippen LogP contribution is 2.26. The van der Waals surface area contributed by atoms with Gasteiger partial charge in [-0.2, -0.15) is 5.10 Å². The Bertz CT molecular complexity index is 706. The SMILES string of the molecule is Cc1ccc(C(=O)N2CC[C@@H](N(C)C)[C@@H]2Cc2cnn(C)c2)cn1. The first-order chi connectivity index (χ1) is 11.5. The van der Waals surface area contributed by atoms with Crippen LogP contribution in [-0.4, -0.2) is 63.2 Å². The van der Waals surface area contributed by atoms with Gasteiger partial charge in [0.15, 0.2) is 0 Å². The third-order valence-corrected chi connectivity index (χ3v) is 4.80. The van der Waals surface area contributed by atoms with Gasteiger partial charge in [0.1, 0.15) is 0 Å². The highest BCUT2D eigenvalue weighted by atomic mass is 16.2. The fraction of sp³-hybridized carbons (Fsp3) is 0.500. The predicted molar refractivity (Wildman–Crippen MR) is 92.8 cm³/mol. The number of amides is 1. The van der Waals surface area contributed by atoms with E-state index in [4.69, 9.17) is 0 Å². The molecule has 0 unspecified atom stereocenters. The molecule has 0 spiro atoms. The minimum Gasteiger partial charge on any atom is -0.334 e. The largest absolute Gasteiger partial charge is 0.334 e. The number of hydrogen-bond acceptors (Lipinski definition) is 4. The number of pyridine rings is 1. The average Bonchev–Trinajstić information content (AvgIpc) is 3.14. The van der Waals surface area contributed by atoms with E-state index in [0.29, 0.717) is 11.6 Å². The molecule has 3 rings (SSSR count). The predicted octanol–water partition coefficient (Wildman–Crippen LogP) is 1.51. The zero-order valence-electron chi connectivity index (χ0n) is 14.8. The summed E-state index contributed by atoms with van der Waals surface area (Å²) in [6.45, 7) is 2.71. The van der Waals surface area contributed by atoms with Gasteiger partial charge in [-0.05, 0) is 51.6 Å². The van der Waals surface area contributed by atoms with E-state index in [1.165, 1.54) is 0 Å². The number of likely N-dealkylation sites (tertiary alicyclic amines) is 1. The van der Waals surface area contributed by atoms with Crippen molar-refractivity contribution in [3.63, 3.8) is 0 Å². The van der Waals surface area contributed by atoms with Crippen LogP contribution in [-0.2, 0) is 13.5 Å². The number of aromatic nitrogens is 3. The minimum atomic E-state index is 0.0701. The van der Waals surface area contributed by atoms with E-state index < -0.39 is 0 Å². The second-order valence-corrected chi connectivity index (χ2v) is 6.80. The van der Waals surface area contributed by atoms with E-state index in [2.05, 4.69) is 29.1 Å². The van der Waals surface area contributed by atoms with Crippen LogP contribution < -0.4 is 0 Å². The molecule has 2 aromatic rings. The topological polar surface area (TPSA) is 54.3 Å². The molecular formula is C18H25N5O. The number of nitrogens with zero attached hydrogens (tertiary/aromatic N) is 5. The summed E-state index contributed by atoms with van der Waals surface area (Å²) in [6, 6.07) is 4.27. The Morgan fingerprint density at radius 3 is 2.71 bits per heavy atom. The third-order valence-electron chi connectivity index (χ3n) is 4.80. The van der Waals surface area contributed by atoms with E-state index in [-0.39, 0.29) is 11.9 Å². The molecular weight excluding hydrogens is 302 g/mol. The molecule has 2 atom stereocenters. The van der Waals surface area contributed by atoms with Crippen LogP contribution in [0.1, 0.15) is 28.0 Å². The quantitative estimate of drug-likeness (QED) is 0.854. The van der Waals surface area contributed by atoms with Gasteiger partial charge in [0.2, 0.25) is 0 Å². The lowest BCUT2D eigenvalue weighted by atomic mass is 10.0. The zero-order chi connectivity index (χ0) is 17.3. The van der Waals surface area contributed by atoms with Crippen LogP contribution in [0.15, 0.2) is 30.7 Å². The fourth-order valence-corrected chi connectivity index (χ4v) is 3.52. The lowest BCUT2D eigenvalue weighted by Gasteiger charge is -2.31. The first-order valence-corrected chi connectivity index (χ1v) is 8.33. The van der Waals surface area contributed by atoms with Gasteiger partial charge in [-0.3, -0.25) is 14.5 Å². The van der Waals surface area contributed by atoms with Gasteiger partial charge in [-0.25, -0.2) is 0 Å². The molecule has 0 aromatic carbocycles. The highest BCUT2D eigenvalue weighted by Gasteiger charge is 2.38. The molecule has 1 aliphatic rings. The number of hydrogen-bond donors (Lipinski definition) is 0. The van der Waals surface area contributed by atoms with Gasteiger partial charge in [0.05, 0.1) is 17.8 Å². The number of carbonyl (C=O) groups is 1. The van der Waals surface area contributed by atoms with Crippen molar-refractivity contribution in [3.05, 3.63) is 47.5 Å². The summed E-state index contributed by atoms with van der Waals surface area (Å²) in [7, 11) is 6.09. The van der Waals surface area contributed by atoms with Crippen LogP contribution in [0, 0.1) is 6.92 Å². The van der Waals surface area contributed by atoms with Crippen molar-refractivity contribution < 1.29 is 4.79 Å². The highest BCUT2D eigenvalue weighted by molar-refractivity contribution is 5.94. The Balaban J connectivity index is 1.84. The van der Waals surface area contributed by atoms with E-state index in [1.54, 1.807) is 6.20 Å². The smallest absolute Gasteiger partial charge is 0.255 e. The molecule has 1 fully saturated rings. The van der Waals surface area contributed by atoms with E-state index in [9.17, 15) is 4.79 Å². The molecule has 0 saturated carbocycles. The first kappa shape index (κ1) is 16.6. The number of carbonyl (C=O) groups excluding carboxylic acids is 1. The van der Waals surface area contributed by atoms with Crippen molar-refractivity contribution in [2.24, 2.45) is 7.05 Å². The maximum Gasteiger partial charge on any atom is 0.255 e. The molecule has 128 valence electrons. The van der Waals surface area contributed by atoms with Crippen LogP contribution >= 0.6 is 0 Å². The minimum absolute atomic E-state index is 0.0701. The van der Waals surface area contributed by atoms with Crippen molar-refractivity contribution in [3.8, 4) is 0 Å². The molecule has 3 heterocycles. The Kier molecular flexibility index (Phi) is 4.66. The molecule has 0 aliphatic carbocycles. The molecule has 24 heavy (non-hydrogen) atoms. The van der Waals surface area contributed by atoms with Crippen LogP contribution in [0.5, 0.6) is 0 Å². The number of aryl methyl sites for hydroxylation is 2. The summed E-state index contributed by atoms with van der Waals surface area (Å²) < 4.78 is 1.81. The molecule has 6 nitrogen and oxygen atoms in total. The lowest BCUT2D eigenvalue weighted by molar-refractivity contribution is 0.0704. The summed E-state index contributed by atoms with van der Waals surface area (Å²) in [5, 5.41) is 4.26. The average molecular weight is 327 g/mol. The van der Waals surface area contributed by atoms with Gasteiger partial charge in [-0.15, -0.1) is 0 Å². The van der Waals surface area contributed by atoms with Crippen LogP contribution in [0.2, 0.25) is 0 Å². The molecule has 6 heteroatoms. The number of likely N-dealkylation sites (N-methyl/N-ethyl adjacent to an activating group) is 1. The van der Waals surface area contributed by atoms with Crippen molar-refractivity contribution >= 4 is 5.91 Å². The molecule has 0 N–H and O–H groups in total. The molecule has 0 bridgehead atoms. The Morgan fingerprint density at radius 2 is 2.12 bits per heavy atom. The van der Waals surface area contributed by atoms with Crippen LogP contribution in [0.3, 0.4) is 0 Å². The van der Waals surface area contributed by atoms with Gasteiger partial charge in [0.25, 0.3) is 5.91 Å². The molecule has 1 saturated heterocycles. The standard InChI is InChI=1S/C18H25N5O/c1-13-5-6-15(11-19-13)18(24)23-8-7-16(21(2)3)17(23)9-14-10-20-22(4)12-14/h5-6,10-12,16-17H,7-9H2,1-4H3/t16-,17+/m1/s1. The molecule has 1 aliphatic heterocycles. The van der Waals surface area contributed by atoms with Gasteiger partial charge in [-0.1, -0.05) is 0 Å². The Morgan fingerprint density at radius 1 is 1.33 bits per heavy atom. The summed E-state index contributed by atoms with van der Waals surface area (Å²) >= 11 is 0. The Labute approximate surface area is 143 Å². The zero-order valence-corrected chi connectivity index (χ0v) is 14.8. The normalized spacial score (nSPS) is 20.8. The van der Waals surface area contributed by atoms with Crippen molar-refractivity contribution in [2.75, 3.05) is 20.6 Å². The van der Waals surface area contributed by atoms with E-state index >= 15 is 0 Å². The van der Waals surface area contributed by atoms with Crippen molar-refractivity contribution in [1.29, 1.82) is 0 Å². The summed E-state index contributed by atoms with van der Waals surface area (Å²) in [5.74, 6) is 0.0701. The molecule has 2 aromatic heterocycles. The fourth-order valence-electron chi connectivity index (χ4n) is 3.52. The lowest BCUT2D eigenvalue weighted by Crippen LogP contribution is -2.45. The second kappa shape index (κ2) is 6.73. The summed E-state index contributed by atoms with van der Waals surface area (Å²) in [6.07, 6.45) is 7.41. The summed E-state index contributed by atoms with van der Waals surface area (Å²) in [5.41, 5.74) is 2.75.